The summed E-state index contributed by atoms with van der Waals surface area (Å²) in [6.07, 6.45) is -0.958. The van der Waals surface area contributed by atoms with E-state index in [1.807, 2.05) is 0 Å². The number of benzene rings is 2. The minimum Gasteiger partial charge on any atom is -0.479 e. The molecule has 0 saturated heterocycles. The fourth-order valence-electron chi connectivity index (χ4n) is 2.06. The Kier molecular flexibility index (Phi) is 6.87. The van der Waals surface area contributed by atoms with Gasteiger partial charge < -0.3 is 20.1 Å². The quantitative estimate of drug-likeness (QED) is 0.727. The Morgan fingerprint density at radius 1 is 0.963 bits per heavy atom. The second kappa shape index (κ2) is 9.33. The van der Waals surface area contributed by atoms with Crippen LogP contribution in [0, 0.1) is 5.82 Å². The van der Waals surface area contributed by atoms with Gasteiger partial charge in [-0.05, 0) is 55.5 Å². The van der Waals surface area contributed by atoms with Gasteiger partial charge in [-0.3, -0.25) is 9.59 Å². The van der Waals surface area contributed by atoms with Crippen molar-refractivity contribution in [3.05, 3.63) is 54.3 Å². The van der Waals surface area contributed by atoms with Crippen LogP contribution in [0.15, 0.2) is 48.5 Å². The topological polar surface area (TPSA) is 93.7 Å². The molecule has 7 nitrogen and oxygen atoms in total. The molecule has 0 spiro atoms. The Bertz CT molecular complexity index is 806. The zero-order chi connectivity index (χ0) is 19.8. The van der Waals surface area contributed by atoms with Crippen molar-refractivity contribution in [3.63, 3.8) is 0 Å². The third-order valence-electron chi connectivity index (χ3n) is 3.29. The van der Waals surface area contributed by atoms with Crippen LogP contribution in [0.1, 0.15) is 13.8 Å². The highest BCUT2D eigenvalue weighted by atomic mass is 19.1. The predicted octanol–water partition coefficient (Wildman–Crippen LogP) is 2.73. The van der Waals surface area contributed by atoms with E-state index in [1.165, 1.54) is 38.1 Å². The number of hydrogen-bond acceptors (Lipinski definition) is 5. The smallest absolute Gasteiger partial charge is 0.347 e. The van der Waals surface area contributed by atoms with Crippen LogP contribution < -0.4 is 15.4 Å². The van der Waals surface area contributed by atoms with Gasteiger partial charge in [-0.15, -0.1) is 0 Å². The van der Waals surface area contributed by atoms with E-state index in [9.17, 15) is 18.8 Å². The van der Waals surface area contributed by atoms with Crippen molar-refractivity contribution in [2.45, 2.75) is 20.0 Å². The van der Waals surface area contributed by atoms with Crippen molar-refractivity contribution in [1.29, 1.82) is 0 Å². The molecule has 142 valence electrons. The normalized spacial score (nSPS) is 11.2. The summed E-state index contributed by atoms with van der Waals surface area (Å²) in [6.45, 7) is 2.37. The molecule has 0 aromatic heterocycles. The first-order valence-corrected chi connectivity index (χ1v) is 8.10. The van der Waals surface area contributed by atoms with Gasteiger partial charge in [-0.2, -0.15) is 0 Å². The van der Waals surface area contributed by atoms with Crippen molar-refractivity contribution in [2.24, 2.45) is 0 Å². The monoisotopic (exact) mass is 374 g/mol. The van der Waals surface area contributed by atoms with Crippen LogP contribution in [0.4, 0.5) is 15.8 Å². The van der Waals surface area contributed by atoms with Crippen molar-refractivity contribution >= 4 is 29.2 Å². The lowest BCUT2D eigenvalue weighted by Gasteiger charge is -2.14. The lowest BCUT2D eigenvalue weighted by atomic mass is 10.2. The van der Waals surface area contributed by atoms with Gasteiger partial charge in [0.2, 0.25) is 5.91 Å². The number of anilines is 2. The van der Waals surface area contributed by atoms with E-state index in [2.05, 4.69) is 10.6 Å². The SMILES string of the molecule is CC(=O)Nc1ccc(NC(=O)COC(=O)[C@H](C)Oc2ccc(F)cc2)cc1. The molecular weight excluding hydrogens is 355 g/mol. The molecule has 0 aliphatic heterocycles. The summed E-state index contributed by atoms with van der Waals surface area (Å²) < 4.78 is 23.1. The fourth-order valence-corrected chi connectivity index (χ4v) is 2.06. The van der Waals surface area contributed by atoms with Crippen molar-refractivity contribution in [3.8, 4) is 5.75 Å². The Morgan fingerprint density at radius 3 is 2.07 bits per heavy atom. The van der Waals surface area contributed by atoms with E-state index in [0.717, 1.165) is 0 Å². The van der Waals surface area contributed by atoms with Gasteiger partial charge in [-0.1, -0.05) is 0 Å². The number of rotatable bonds is 7. The molecule has 0 fully saturated rings. The molecule has 27 heavy (non-hydrogen) atoms. The fraction of sp³-hybridized carbons (Fsp3) is 0.211. The van der Waals surface area contributed by atoms with Crippen LogP contribution in [0.25, 0.3) is 0 Å². The van der Waals surface area contributed by atoms with Gasteiger partial charge in [0, 0.05) is 18.3 Å². The number of esters is 1. The van der Waals surface area contributed by atoms with E-state index in [1.54, 1.807) is 24.3 Å². The highest BCUT2D eigenvalue weighted by molar-refractivity contribution is 5.94. The van der Waals surface area contributed by atoms with E-state index in [0.29, 0.717) is 17.1 Å². The molecule has 8 heteroatoms. The van der Waals surface area contributed by atoms with E-state index in [-0.39, 0.29) is 5.91 Å². The number of nitrogens with one attached hydrogen (secondary N) is 2. The summed E-state index contributed by atoms with van der Waals surface area (Å²) in [5, 5.41) is 5.17. The van der Waals surface area contributed by atoms with Crippen LogP contribution in [-0.2, 0) is 19.1 Å². The van der Waals surface area contributed by atoms with Crippen LogP contribution in [-0.4, -0.2) is 30.5 Å². The summed E-state index contributed by atoms with van der Waals surface area (Å²) in [7, 11) is 0. The highest BCUT2D eigenvalue weighted by Gasteiger charge is 2.18. The molecule has 0 heterocycles. The predicted molar refractivity (Wildman–Crippen MR) is 96.8 cm³/mol. The molecule has 2 N–H and O–H groups in total. The number of carbonyl (C=O) groups is 3. The largest absolute Gasteiger partial charge is 0.479 e. The lowest BCUT2D eigenvalue weighted by molar-refractivity contribution is -0.153. The van der Waals surface area contributed by atoms with Crippen molar-refractivity contribution < 1.29 is 28.2 Å². The molecular formula is C19H19FN2O5. The van der Waals surface area contributed by atoms with Gasteiger partial charge in [-0.25, -0.2) is 9.18 Å². The third-order valence-corrected chi connectivity index (χ3v) is 3.29. The van der Waals surface area contributed by atoms with Crippen LogP contribution in [0.5, 0.6) is 5.75 Å². The van der Waals surface area contributed by atoms with Gasteiger partial charge in [0.1, 0.15) is 11.6 Å². The number of ether oxygens (including phenoxy) is 2. The molecule has 1 atom stereocenters. The maximum atomic E-state index is 12.8. The molecule has 0 unspecified atom stereocenters. The van der Waals surface area contributed by atoms with E-state index >= 15 is 0 Å². The Morgan fingerprint density at radius 2 is 1.52 bits per heavy atom. The highest BCUT2D eigenvalue weighted by Crippen LogP contribution is 2.14. The maximum Gasteiger partial charge on any atom is 0.347 e. The zero-order valence-electron chi connectivity index (χ0n) is 14.8. The Labute approximate surface area is 155 Å². The number of halogens is 1. The minimum atomic E-state index is -0.958. The van der Waals surface area contributed by atoms with Crippen LogP contribution >= 0.6 is 0 Å². The van der Waals surface area contributed by atoms with Crippen molar-refractivity contribution in [1.82, 2.24) is 0 Å². The second-order valence-corrected chi connectivity index (χ2v) is 5.63. The van der Waals surface area contributed by atoms with Gasteiger partial charge in [0.05, 0.1) is 0 Å². The van der Waals surface area contributed by atoms with Gasteiger partial charge in [0.25, 0.3) is 5.91 Å². The average Bonchev–Trinajstić information content (AvgIpc) is 2.62. The molecule has 0 bridgehead atoms. The first-order chi connectivity index (χ1) is 12.8. The van der Waals surface area contributed by atoms with E-state index < -0.39 is 30.4 Å². The summed E-state index contributed by atoms with van der Waals surface area (Å²) in [5.74, 6) is -1.56. The molecule has 0 radical (unpaired) electrons. The molecule has 0 saturated carbocycles. The Hall–Kier alpha value is -3.42. The molecule has 0 aliphatic rings. The number of hydrogen-bond donors (Lipinski definition) is 2. The first kappa shape index (κ1) is 19.9. The number of amides is 2. The third kappa shape index (κ3) is 6.77. The lowest BCUT2D eigenvalue weighted by Crippen LogP contribution is -2.29. The van der Waals surface area contributed by atoms with Gasteiger partial charge in [0.15, 0.2) is 12.7 Å². The molecule has 2 aromatic rings. The van der Waals surface area contributed by atoms with Crippen LogP contribution in [0.3, 0.4) is 0 Å². The first-order valence-electron chi connectivity index (χ1n) is 8.10. The molecule has 0 aliphatic carbocycles. The number of carbonyl (C=O) groups excluding carboxylic acids is 3. The van der Waals surface area contributed by atoms with Crippen LogP contribution in [0.2, 0.25) is 0 Å². The molecule has 2 aromatic carbocycles. The average molecular weight is 374 g/mol. The van der Waals surface area contributed by atoms with E-state index in [4.69, 9.17) is 9.47 Å². The minimum absolute atomic E-state index is 0.198. The Balaban J connectivity index is 1.77. The van der Waals surface area contributed by atoms with Gasteiger partial charge >= 0.3 is 5.97 Å². The summed E-state index contributed by atoms with van der Waals surface area (Å²) in [5.41, 5.74) is 1.08. The standard InChI is InChI=1S/C19H19FN2O5/c1-12(27-17-9-3-14(20)4-10-17)19(25)26-11-18(24)22-16-7-5-15(6-8-16)21-13(2)23/h3-10,12H,11H2,1-2H3,(H,21,23)(H,22,24)/t12-/m0/s1. The maximum absolute atomic E-state index is 12.8. The molecule has 2 amide bonds. The summed E-state index contributed by atoms with van der Waals surface area (Å²) in [6, 6.07) is 11.6. The molecule has 2 rings (SSSR count). The van der Waals surface area contributed by atoms with Crippen molar-refractivity contribution in [2.75, 3.05) is 17.2 Å². The summed E-state index contributed by atoms with van der Waals surface area (Å²) >= 11 is 0. The zero-order valence-corrected chi connectivity index (χ0v) is 14.8. The second-order valence-electron chi connectivity index (χ2n) is 5.63. The summed E-state index contributed by atoms with van der Waals surface area (Å²) in [4.78, 5) is 34.7.